The Morgan fingerprint density at radius 1 is 1.26 bits per heavy atom. The second kappa shape index (κ2) is 5.55. The maximum atomic E-state index is 13.7. The third-order valence-electron chi connectivity index (χ3n) is 3.56. The van der Waals surface area contributed by atoms with Crippen molar-refractivity contribution in [2.24, 2.45) is 5.92 Å². The van der Waals surface area contributed by atoms with E-state index >= 15 is 0 Å². The first-order valence-electron chi connectivity index (χ1n) is 6.43. The van der Waals surface area contributed by atoms with Gasteiger partial charge in [-0.2, -0.15) is 0 Å². The van der Waals surface area contributed by atoms with Crippen molar-refractivity contribution in [3.63, 3.8) is 0 Å². The lowest BCUT2D eigenvalue weighted by Crippen LogP contribution is -2.24. The molecule has 0 aliphatic heterocycles. The van der Waals surface area contributed by atoms with Crippen LogP contribution in [0.1, 0.15) is 43.0 Å². The summed E-state index contributed by atoms with van der Waals surface area (Å²) in [4.78, 5) is 11.8. The van der Waals surface area contributed by atoms with Crippen LogP contribution in [0.3, 0.4) is 0 Å². The lowest BCUT2D eigenvalue weighted by molar-refractivity contribution is 0.0164. The molecule has 5 heteroatoms. The Morgan fingerprint density at radius 2 is 1.89 bits per heavy atom. The average molecular weight is 269 g/mol. The molecule has 1 aliphatic carbocycles. The summed E-state index contributed by atoms with van der Waals surface area (Å²) in [6.07, 6.45) is 3.13. The highest BCUT2D eigenvalue weighted by molar-refractivity contribution is 5.91. The highest BCUT2D eigenvalue weighted by Gasteiger charge is 2.26. The minimum atomic E-state index is -1.05. The standard InChI is InChI=1S/C14H17F2NO2/c1-8-2-4-9(5-3-8)19-14(18)12-10(15)6-7-11(17)13(12)16/h6-9H,2-5,17H2,1H3. The van der Waals surface area contributed by atoms with Crippen LogP contribution in [-0.4, -0.2) is 12.1 Å². The molecule has 3 nitrogen and oxygen atoms in total. The zero-order valence-electron chi connectivity index (χ0n) is 10.8. The third-order valence-corrected chi connectivity index (χ3v) is 3.56. The average Bonchev–Trinajstić information content (AvgIpc) is 2.37. The van der Waals surface area contributed by atoms with Gasteiger partial charge in [0.1, 0.15) is 17.5 Å². The monoisotopic (exact) mass is 269 g/mol. The number of carbonyl (C=O) groups excluding carboxylic acids is 1. The molecule has 0 atom stereocenters. The quantitative estimate of drug-likeness (QED) is 0.662. The van der Waals surface area contributed by atoms with E-state index in [2.05, 4.69) is 6.92 Å². The summed E-state index contributed by atoms with van der Waals surface area (Å²) >= 11 is 0. The minimum absolute atomic E-state index is 0.259. The highest BCUT2D eigenvalue weighted by atomic mass is 19.1. The molecule has 0 bridgehead atoms. The van der Waals surface area contributed by atoms with Gasteiger partial charge < -0.3 is 10.5 Å². The molecule has 104 valence electrons. The summed E-state index contributed by atoms with van der Waals surface area (Å²) in [7, 11) is 0. The zero-order chi connectivity index (χ0) is 14.0. The van der Waals surface area contributed by atoms with Crippen molar-refractivity contribution >= 4 is 11.7 Å². The Balaban J connectivity index is 2.10. The number of esters is 1. The number of nitrogen functional groups attached to an aromatic ring is 1. The molecule has 0 spiro atoms. The number of benzene rings is 1. The van der Waals surface area contributed by atoms with Crippen LogP contribution >= 0.6 is 0 Å². The molecule has 2 rings (SSSR count). The first-order chi connectivity index (χ1) is 8.99. The Labute approximate surface area is 110 Å². The number of ether oxygens (including phenoxy) is 1. The molecule has 0 aromatic heterocycles. The largest absolute Gasteiger partial charge is 0.459 e. The maximum absolute atomic E-state index is 13.7. The number of hydrogen-bond acceptors (Lipinski definition) is 3. The number of anilines is 1. The number of rotatable bonds is 2. The number of carbonyl (C=O) groups is 1. The lowest BCUT2D eigenvalue weighted by atomic mass is 9.89. The number of halogens is 2. The summed E-state index contributed by atoms with van der Waals surface area (Å²) < 4.78 is 32.3. The predicted molar refractivity (Wildman–Crippen MR) is 67.6 cm³/mol. The van der Waals surface area contributed by atoms with E-state index in [1.807, 2.05) is 0 Å². The predicted octanol–water partition coefficient (Wildman–Crippen LogP) is 3.28. The Morgan fingerprint density at radius 3 is 2.53 bits per heavy atom. The van der Waals surface area contributed by atoms with Crippen molar-refractivity contribution in [3.8, 4) is 0 Å². The molecule has 0 saturated heterocycles. The maximum Gasteiger partial charge on any atom is 0.344 e. The normalized spacial score (nSPS) is 23.1. The first-order valence-corrected chi connectivity index (χ1v) is 6.43. The van der Waals surface area contributed by atoms with Crippen molar-refractivity contribution in [1.29, 1.82) is 0 Å². The van der Waals surface area contributed by atoms with Crippen LogP contribution in [0.2, 0.25) is 0 Å². The molecule has 1 aliphatic rings. The molecular weight excluding hydrogens is 252 g/mol. The molecule has 0 radical (unpaired) electrons. The van der Waals surface area contributed by atoms with Crippen molar-refractivity contribution in [2.45, 2.75) is 38.7 Å². The van der Waals surface area contributed by atoms with Crippen LogP contribution < -0.4 is 5.73 Å². The van der Waals surface area contributed by atoms with E-state index in [1.54, 1.807) is 0 Å². The smallest absolute Gasteiger partial charge is 0.344 e. The van der Waals surface area contributed by atoms with Gasteiger partial charge in [-0.3, -0.25) is 0 Å². The van der Waals surface area contributed by atoms with Crippen LogP contribution in [0.15, 0.2) is 12.1 Å². The van der Waals surface area contributed by atoms with E-state index in [9.17, 15) is 13.6 Å². The van der Waals surface area contributed by atoms with Crippen molar-refractivity contribution in [3.05, 3.63) is 29.3 Å². The van der Waals surface area contributed by atoms with Crippen LogP contribution in [-0.2, 0) is 4.74 Å². The van der Waals surface area contributed by atoms with Gasteiger partial charge in [0, 0.05) is 0 Å². The number of hydrogen-bond donors (Lipinski definition) is 1. The first kappa shape index (κ1) is 13.8. The van der Waals surface area contributed by atoms with Gasteiger partial charge in [-0.1, -0.05) is 6.92 Å². The molecule has 1 aromatic carbocycles. The summed E-state index contributed by atoms with van der Waals surface area (Å²) in [6, 6.07) is 2.06. The van der Waals surface area contributed by atoms with Crippen molar-refractivity contribution < 1.29 is 18.3 Å². The Bertz CT molecular complexity index is 483. The fraction of sp³-hybridized carbons (Fsp3) is 0.500. The summed E-state index contributed by atoms with van der Waals surface area (Å²) in [6.45, 7) is 2.13. The molecule has 1 saturated carbocycles. The summed E-state index contributed by atoms with van der Waals surface area (Å²) in [5.74, 6) is -2.35. The van der Waals surface area contributed by atoms with E-state index < -0.39 is 23.2 Å². The molecule has 19 heavy (non-hydrogen) atoms. The molecule has 1 fully saturated rings. The van der Waals surface area contributed by atoms with E-state index in [0.717, 1.165) is 37.8 Å². The second-order valence-corrected chi connectivity index (χ2v) is 5.11. The van der Waals surface area contributed by atoms with E-state index in [-0.39, 0.29) is 11.8 Å². The highest BCUT2D eigenvalue weighted by Crippen LogP contribution is 2.27. The van der Waals surface area contributed by atoms with Crippen LogP contribution in [0, 0.1) is 17.6 Å². The van der Waals surface area contributed by atoms with Gasteiger partial charge in [-0.05, 0) is 43.7 Å². The van der Waals surface area contributed by atoms with E-state index in [4.69, 9.17) is 10.5 Å². The van der Waals surface area contributed by atoms with E-state index in [0.29, 0.717) is 5.92 Å². The molecule has 0 unspecified atom stereocenters. The minimum Gasteiger partial charge on any atom is -0.459 e. The topological polar surface area (TPSA) is 52.3 Å². The molecular formula is C14H17F2NO2. The Hall–Kier alpha value is -1.65. The SMILES string of the molecule is CC1CCC(OC(=O)c2c(F)ccc(N)c2F)CC1. The van der Waals surface area contributed by atoms with Crippen molar-refractivity contribution in [1.82, 2.24) is 0 Å². The van der Waals surface area contributed by atoms with Gasteiger partial charge in [0.05, 0.1) is 5.69 Å². The van der Waals surface area contributed by atoms with Crippen LogP contribution in [0.25, 0.3) is 0 Å². The van der Waals surface area contributed by atoms with Gasteiger partial charge in [0.15, 0.2) is 5.82 Å². The molecule has 0 amide bonds. The van der Waals surface area contributed by atoms with Crippen LogP contribution in [0.4, 0.5) is 14.5 Å². The summed E-state index contributed by atoms with van der Waals surface area (Å²) in [5.41, 5.74) is 4.37. The summed E-state index contributed by atoms with van der Waals surface area (Å²) in [5, 5.41) is 0. The van der Waals surface area contributed by atoms with Crippen molar-refractivity contribution in [2.75, 3.05) is 5.73 Å². The fourth-order valence-electron chi connectivity index (χ4n) is 2.31. The number of nitrogens with two attached hydrogens (primary N) is 1. The lowest BCUT2D eigenvalue weighted by Gasteiger charge is -2.26. The van der Waals surface area contributed by atoms with Crippen LogP contribution in [0.5, 0.6) is 0 Å². The van der Waals surface area contributed by atoms with Gasteiger partial charge in [-0.15, -0.1) is 0 Å². The fourth-order valence-corrected chi connectivity index (χ4v) is 2.31. The third kappa shape index (κ3) is 3.03. The molecule has 2 N–H and O–H groups in total. The van der Waals surface area contributed by atoms with E-state index in [1.165, 1.54) is 0 Å². The Kier molecular flexibility index (Phi) is 4.02. The van der Waals surface area contributed by atoms with Gasteiger partial charge in [-0.25, -0.2) is 13.6 Å². The van der Waals surface area contributed by atoms with Gasteiger partial charge in [0.2, 0.25) is 0 Å². The van der Waals surface area contributed by atoms with Gasteiger partial charge >= 0.3 is 5.97 Å². The molecule has 1 aromatic rings. The molecule has 0 heterocycles. The zero-order valence-corrected chi connectivity index (χ0v) is 10.8. The second-order valence-electron chi connectivity index (χ2n) is 5.11. The van der Waals surface area contributed by atoms with Gasteiger partial charge in [0.25, 0.3) is 0 Å².